The largest absolute Gasteiger partial charge is 0.460 e. The van der Waals surface area contributed by atoms with E-state index >= 15 is 0 Å². The molecule has 0 radical (unpaired) electrons. The fourth-order valence-electron chi connectivity index (χ4n) is 1.54. The molecule has 0 aromatic heterocycles. The van der Waals surface area contributed by atoms with Crippen molar-refractivity contribution in [2.75, 3.05) is 6.54 Å². The van der Waals surface area contributed by atoms with E-state index in [4.69, 9.17) is 10.5 Å². The molecule has 0 saturated heterocycles. The van der Waals surface area contributed by atoms with E-state index in [0.29, 0.717) is 0 Å². The molecule has 3 nitrogen and oxygen atoms in total. The molecule has 0 bridgehead atoms. The zero-order chi connectivity index (χ0) is 11.0. The molecule has 0 atom stereocenters. The highest BCUT2D eigenvalue weighted by Gasteiger charge is 2.48. The average molecular weight is 203 g/mol. The Morgan fingerprint density at radius 2 is 2.07 bits per heavy atom. The van der Waals surface area contributed by atoms with E-state index < -0.39 is 11.3 Å². The van der Waals surface area contributed by atoms with Crippen LogP contribution in [0, 0.1) is 5.92 Å². The number of hydrogen-bond acceptors (Lipinski definition) is 3. The highest BCUT2D eigenvalue weighted by molar-refractivity contribution is 5.74. The number of hydrogen-bond donors (Lipinski definition) is 1. The van der Waals surface area contributed by atoms with Crippen LogP contribution in [0.3, 0.4) is 0 Å². The van der Waals surface area contributed by atoms with Gasteiger partial charge in [-0.05, 0) is 33.6 Å². The minimum absolute atomic E-state index is 0.00764. The first-order chi connectivity index (χ1) is 6.26. The van der Waals surface area contributed by atoms with Crippen molar-refractivity contribution in [2.24, 2.45) is 11.7 Å². The van der Waals surface area contributed by atoms with Crippen molar-refractivity contribution in [3.05, 3.63) is 0 Å². The Labute approximate surface area is 83.8 Å². The Morgan fingerprint density at radius 1 is 1.57 bits per heavy atom. The number of ether oxygens (including phenoxy) is 1. The lowest BCUT2D eigenvalue weighted by Gasteiger charge is -2.39. The van der Waals surface area contributed by atoms with Gasteiger partial charge in [-0.1, -0.05) is 0 Å². The van der Waals surface area contributed by atoms with Gasteiger partial charge in [0.1, 0.15) is 11.3 Å². The minimum atomic E-state index is -1.33. The van der Waals surface area contributed by atoms with Gasteiger partial charge in [-0.2, -0.15) is 0 Å². The van der Waals surface area contributed by atoms with Gasteiger partial charge in [0, 0.05) is 6.54 Å². The van der Waals surface area contributed by atoms with Crippen LogP contribution in [-0.2, 0) is 9.53 Å². The molecule has 1 aliphatic rings. The van der Waals surface area contributed by atoms with E-state index in [1.54, 1.807) is 20.8 Å². The molecule has 0 aliphatic heterocycles. The second-order valence-electron chi connectivity index (χ2n) is 4.99. The molecule has 0 unspecified atom stereocenters. The summed E-state index contributed by atoms with van der Waals surface area (Å²) in [5, 5.41) is 0. The number of rotatable bonds is 2. The Kier molecular flexibility index (Phi) is 2.86. The fraction of sp³-hybridized carbons (Fsp3) is 0.900. The fourth-order valence-corrected chi connectivity index (χ4v) is 1.54. The number of alkyl halides is 1. The van der Waals surface area contributed by atoms with Crippen LogP contribution in [0.25, 0.3) is 0 Å². The van der Waals surface area contributed by atoms with Gasteiger partial charge in [0.2, 0.25) is 0 Å². The maximum Gasteiger partial charge on any atom is 0.309 e. The molecular weight excluding hydrogens is 185 g/mol. The molecule has 14 heavy (non-hydrogen) atoms. The molecular formula is C10H18FNO2. The predicted molar refractivity (Wildman–Crippen MR) is 51.5 cm³/mol. The zero-order valence-corrected chi connectivity index (χ0v) is 8.97. The first-order valence-corrected chi connectivity index (χ1v) is 4.88. The molecule has 0 amide bonds. The third kappa shape index (κ3) is 2.67. The predicted octanol–water partition coefficient (Wildman–Crippen LogP) is 1.41. The minimum Gasteiger partial charge on any atom is -0.460 e. The molecule has 1 saturated carbocycles. The van der Waals surface area contributed by atoms with Crippen LogP contribution in [0.2, 0.25) is 0 Å². The zero-order valence-electron chi connectivity index (χ0n) is 8.97. The first kappa shape index (κ1) is 11.4. The quantitative estimate of drug-likeness (QED) is 0.690. The van der Waals surface area contributed by atoms with Crippen molar-refractivity contribution >= 4 is 5.97 Å². The van der Waals surface area contributed by atoms with E-state index in [1.165, 1.54) is 0 Å². The van der Waals surface area contributed by atoms with Crippen LogP contribution >= 0.6 is 0 Å². The second kappa shape index (κ2) is 3.50. The third-order valence-corrected chi connectivity index (χ3v) is 2.33. The van der Waals surface area contributed by atoms with Crippen molar-refractivity contribution in [3.8, 4) is 0 Å². The summed E-state index contributed by atoms with van der Waals surface area (Å²) < 4.78 is 18.5. The Bertz CT molecular complexity index is 229. The van der Waals surface area contributed by atoms with Gasteiger partial charge in [-0.15, -0.1) is 0 Å². The van der Waals surface area contributed by atoms with E-state index in [2.05, 4.69) is 0 Å². The number of carbonyl (C=O) groups excluding carboxylic acids is 1. The van der Waals surface area contributed by atoms with E-state index in [1.807, 2.05) is 0 Å². The lowest BCUT2D eigenvalue weighted by molar-refractivity contribution is -0.169. The molecule has 82 valence electrons. The SMILES string of the molecule is CC(C)(C)OC(=O)C1CC(F)(CN)C1. The maximum absolute atomic E-state index is 13.3. The summed E-state index contributed by atoms with van der Waals surface area (Å²) in [5.41, 5.74) is 3.41. The molecule has 2 N–H and O–H groups in total. The summed E-state index contributed by atoms with van der Waals surface area (Å²) in [5.74, 6) is -0.609. The second-order valence-corrected chi connectivity index (χ2v) is 4.99. The van der Waals surface area contributed by atoms with Crippen LogP contribution in [0.5, 0.6) is 0 Å². The van der Waals surface area contributed by atoms with Gasteiger partial charge in [-0.3, -0.25) is 4.79 Å². The lowest BCUT2D eigenvalue weighted by Crippen LogP contribution is -2.49. The maximum atomic E-state index is 13.3. The van der Waals surface area contributed by atoms with Gasteiger partial charge in [0.15, 0.2) is 0 Å². The van der Waals surface area contributed by atoms with Crippen LogP contribution in [0.4, 0.5) is 4.39 Å². The molecule has 0 aromatic rings. The summed E-state index contributed by atoms with van der Waals surface area (Å²) in [7, 11) is 0. The summed E-state index contributed by atoms with van der Waals surface area (Å²) in [6.45, 7) is 5.39. The van der Waals surface area contributed by atoms with Crippen LogP contribution in [-0.4, -0.2) is 23.8 Å². The monoisotopic (exact) mass is 203 g/mol. The molecule has 1 rings (SSSR count). The third-order valence-electron chi connectivity index (χ3n) is 2.33. The lowest BCUT2D eigenvalue weighted by atomic mass is 9.72. The highest BCUT2D eigenvalue weighted by Crippen LogP contribution is 2.41. The highest BCUT2D eigenvalue weighted by atomic mass is 19.1. The Hall–Kier alpha value is -0.640. The van der Waals surface area contributed by atoms with Gasteiger partial charge in [0.05, 0.1) is 5.92 Å². The van der Waals surface area contributed by atoms with Crippen LogP contribution in [0.1, 0.15) is 33.6 Å². The van der Waals surface area contributed by atoms with Crippen molar-refractivity contribution < 1.29 is 13.9 Å². The van der Waals surface area contributed by atoms with Gasteiger partial charge in [0.25, 0.3) is 0 Å². The molecule has 4 heteroatoms. The first-order valence-electron chi connectivity index (χ1n) is 4.88. The number of halogens is 1. The molecule has 1 fully saturated rings. The van der Waals surface area contributed by atoms with E-state index in [9.17, 15) is 9.18 Å². The average Bonchev–Trinajstić information content (AvgIpc) is 1.95. The van der Waals surface area contributed by atoms with Crippen molar-refractivity contribution in [1.82, 2.24) is 0 Å². The molecule has 0 aromatic carbocycles. The number of carbonyl (C=O) groups is 1. The van der Waals surface area contributed by atoms with Gasteiger partial charge in [-0.25, -0.2) is 4.39 Å². The van der Waals surface area contributed by atoms with Gasteiger partial charge >= 0.3 is 5.97 Å². The van der Waals surface area contributed by atoms with Crippen LogP contribution < -0.4 is 5.73 Å². The summed E-state index contributed by atoms with van der Waals surface area (Å²) in [6, 6.07) is 0. The molecule has 1 aliphatic carbocycles. The smallest absolute Gasteiger partial charge is 0.309 e. The summed E-state index contributed by atoms with van der Waals surface area (Å²) in [6.07, 6.45) is 0.414. The van der Waals surface area contributed by atoms with Gasteiger partial charge < -0.3 is 10.5 Å². The van der Waals surface area contributed by atoms with Crippen molar-refractivity contribution in [2.45, 2.75) is 44.9 Å². The molecule has 0 spiro atoms. The molecule has 0 heterocycles. The number of nitrogens with two attached hydrogens (primary N) is 1. The van der Waals surface area contributed by atoms with E-state index in [0.717, 1.165) is 0 Å². The summed E-state index contributed by atoms with van der Waals surface area (Å²) >= 11 is 0. The standard InChI is InChI=1S/C10H18FNO2/c1-9(2,3)14-8(13)7-4-10(11,5-7)6-12/h7H,4-6,12H2,1-3H3. The van der Waals surface area contributed by atoms with E-state index in [-0.39, 0.29) is 31.3 Å². The van der Waals surface area contributed by atoms with Crippen LogP contribution in [0.15, 0.2) is 0 Å². The van der Waals surface area contributed by atoms with Crippen molar-refractivity contribution in [3.63, 3.8) is 0 Å². The van der Waals surface area contributed by atoms with Crippen molar-refractivity contribution in [1.29, 1.82) is 0 Å². The Morgan fingerprint density at radius 3 is 2.43 bits per heavy atom. The topological polar surface area (TPSA) is 52.3 Å². The summed E-state index contributed by atoms with van der Waals surface area (Å²) in [4.78, 5) is 11.4. The number of esters is 1. The Balaban J connectivity index is 2.37. The normalized spacial score (nSPS) is 32.2.